The molecule has 0 atom stereocenters. The second kappa shape index (κ2) is 9.28. The molecule has 2 aromatic carbocycles. The molecule has 3 aromatic rings. The number of ether oxygens (including phenoxy) is 3. The summed E-state index contributed by atoms with van der Waals surface area (Å²) < 4.78 is 55.1. The number of aromatic nitrogens is 4. The third-order valence-electron chi connectivity index (χ3n) is 4.13. The molecule has 0 aliphatic heterocycles. The number of hydrogen-bond donors (Lipinski definition) is 0. The fourth-order valence-electron chi connectivity index (χ4n) is 2.57. The van der Waals surface area contributed by atoms with Gasteiger partial charge in [0.1, 0.15) is 0 Å². The lowest BCUT2D eigenvalue weighted by molar-refractivity contribution is -0.137. The molecule has 31 heavy (non-hydrogen) atoms. The standard InChI is InChI=1S/C20H17F3N4O4/c1-29-17-11-13(4-10-19(28)30-2)3-9-16(17)31-12-18-24-25-26-27(18)15-7-5-14(6-8-15)20(21,22)23/h3-11H,12H2,1-2H3. The molecule has 0 N–H and O–H groups in total. The molecule has 3 rings (SSSR count). The molecule has 1 aromatic heterocycles. The molecule has 0 aliphatic carbocycles. The molecule has 0 saturated heterocycles. The highest BCUT2D eigenvalue weighted by Crippen LogP contribution is 2.31. The molecule has 0 aliphatic rings. The third-order valence-corrected chi connectivity index (χ3v) is 4.13. The van der Waals surface area contributed by atoms with Gasteiger partial charge in [-0.05, 0) is 58.5 Å². The van der Waals surface area contributed by atoms with Gasteiger partial charge in [-0.15, -0.1) is 5.10 Å². The highest BCUT2D eigenvalue weighted by atomic mass is 19.4. The number of carbonyl (C=O) groups excluding carboxylic acids is 1. The summed E-state index contributed by atoms with van der Waals surface area (Å²) in [4.78, 5) is 11.2. The van der Waals surface area contributed by atoms with E-state index in [0.29, 0.717) is 22.7 Å². The Morgan fingerprint density at radius 3 is 2.48 bits per heavy atom. The number of rotatable bonds is 7. The average Bonchev–Trinajstić information content (AvgIpc) is 3.24. The zero-order valence-electron chi connectivity index (χ0n) is 16.5. The van der Waals surface area contributed by atoms with Gasteiger partial charge < -0.3 is 14.2 Å². The second-order valence-corrected chi connectivity index (χ2v) is 6.11. The second-order valence-electron chi connectivity index (χ2n) is 6.11. The van der Waals surface area contributed by atoms with E-state index in [2.05, 4.69) is 20.3 Å². The first-order valence-corrected chi connectivity index (χ1v) is 8.83. The summed E-state index contributed by atoms with van der Waals surface area (Å²) in [5.41, 5.74) is 0.268. The van der Waals surface area contributed by atoms with Gasteiger partial charge >= 0.3 is 12.1 Å². The number of benzene rings is 2. The van der Waals surface area contributed by atoms with Gasteiger partial charge in [-0.25, -0.2) is 4.79 Å². The van der Waals surface area contributed by atoms with E-state index in [-0.39, 0.29) is 12.4 Å². The van der Waals surface area contributed by atoms with Crippen LogP contribution < -0.4 is 9.47 Å². The van der Waals surface area contributed by atoms with Crippen LogP contribution in [0.3, 0.4) is 0 Å². The van der Waals surface area contributed by atoms with Crippen molar-refractivity contribution in [3.05, 3.63) is 65.5 Å². The maximum absolute atomic E-state index is 12.7. The van der Waals surface area contributed by atoms with Crippen molar-refractivity contribution < 1.29 is 32.2 Å². The van der Waals surface area contributed by atoms with Crippen LogP contribution in [0.25, 0.3) is 11.8 Å². The highest BCUT2D eigenvalue weighted by Gasteiger charge is 2.30. The van der Waals surface area contributed by atoms with E-state index in [1.165, 1.54) is 37.1 Å². The van der Waals surface area contributed by atoms with Crippen LogP contribution in [0.1, 0.15) is 17.0 Å². The van der Waals surface area contributed by atoms with Gasteiger partial charge in [0.2, 0.25) is 0 Å². The van der Waals surface area contributed by atoms with Crippen molar-refractivity contribution in [3.63, 3.8) is 0 Å². The SMILES string of the molecule is COC(=O)C=Cc1ccc(OCc2nnnn2-c2ccc(C(F)(F)F)cc2)c(OC)c1. The maximum Gasteiger partial charge on any atom is 0.416 e. The van der Waals surface area contributed by atoms with E-state index >= 15 is 0 Å². The lowest BCUT2D eigenvalue weighted by atomic mass is 10.2. The molecule has 162 valence electrons. The first kappa shape index (κ1) is 21.8. The van der Waals surface area contributed by atoms with Crippen molar-refractivity contribution in [2.24, 2.45) is 0 Å². The van der Waals surface area contributed by atoms with E-state index < -0.39 is 17.7 Å². The van der Waals surface area contributed by atoms with Crippen molar-refractivity contribution >= 4 is 12.0 Å². The Morgan fingerprint density at radius 2 is 1.84 bits per heavy atom. The van der Waals surface area contributed by atoms with Crippen LogP contribution in [-0.4, -0.2) is 40.4 Å². The minimum atomic E-state index is -4.43. The molecular formula is C20H17F3N4O4. The van der Waals surface area contributed by atoms with Crippen molar-refractivity contribution in [1.29, 1.82) is 0 Å². The molecule has 0 saturated carbocycles. The number of esters is 1. The molecule has 11 heteroatoms. The number of halogens is 3. The average molecular weight is 434 g/mol. The fourth-order valence-corrected chi connectivity index (χ4v) is 2.57. The number of methoxy groups -OCH3 is 2. The summed E-state index contributed by atoms with van der Waals surface area (Å²) in [6, 6.07) is 9.44. The van der Waals surface area contributed by atoms with Gasteiger partial charge in [0.15, 0.2) is 23.9 Å². The van der Waals surface area contributed by atoms with Crippen LogP contribution in [-0.2, 0) is 22.3 Å². The zero-order valence-corrected chi connectivity index (χ0v) is 16.5. The predicted molar refractivity (Wildman–Crippen MR) is 103 cm³/mol. The molecule has 0 bridgehead atoms. The Balaban J connectivity index is 1.75. The topological polar surface area (TPSA) is 88.4 Å². The van der Waals surface area contributed by atoms with E-state index in [9.17, 15) is 18.0 Å². The lowest BCUT2D eigenvalue weighted by Gasteiger charge is -2.12. The van der Waals surface area contributed by atoms with Gasteiger partial charge in [0.05, 0.1) is 25.5 Å². The highest BCUT2D eigenvalue weighted by molar-refractivity contribution is 5.87. The Bertz CT molecular complexity index is 1080. The monoisotopic (exact) mass is 434 g/mol. The van der Waals surface area contributed by atoms with Gasteiger partial charge in [-0.2, -0.15) is 17.9 Å². The number of tetrazole rings is 1. The summed E-state index contributed by atoms with van der Waals surface area (Å²) in [7, 11) is 2.74. The summed E-state index contributed by atoms with van der Waals surface area (Å²) in [5, 5.41) is 11.2. The van der Waals surface area contributed by atoms with Gasteiger partial charge in [-0.3, -0.25) is 0 Å². The Hall–Kier alpha value is -3.89. The Kier molecular flexibility index (Phi) is 6.53. The minimum absolute atomic E-state index is 0.0677. The van der Waals surface area contributed by atoms with E-state index in [1.807, 2.05) is 0 Å². The van der Waals surface area contributed by atoms with Gasteiger partial charge in [-0.1, -0.05) is 6.07 Å². The predicted octanol–water partition coefficient (Wildman–Crippen LogP) is 3.45. The van der Waals surface area contributed by atoms with Crippen LogP contribution in [0.5, 0.6) is 11.5 Å². The van der Waals surface area contributed by atoms with E-state index in [0.717, 1.165) is 12.1 Å². The number of alkyl halides is 3. The van der Waals surface area contributed by atoms with Crippen LogP contribution in [0.2, 0.25) is 0 Å². The van der Waals surface area contributed by atoms with Crippen LogP contribution >= 0.6 is 0 Å². The van der Waals surface area contributed by atoms with Crippen molar-refractivity contribution in [1.82, 2.24) is 20.2 Å². The Labute approximate surface area is 174 Å². The largest absolute Gasteiger partial charge is 0.493 e. The van der Waals surface area contributed by atoms with Crippen LogP contribution in [0, 0.1) is 0 Å². The van der Waals surface area contributed by atoms with E-state index in [1.54, 1.807) is 24.3 Å². The third kappa shape index (κ3) is 5.38. The molecule has 0 spiro atoms. The van der Waals surface area contributed by atoms with Crippen molar-refractivity contribution in [2.75, 3.05) is 14.2 Å². The summed E-state index contributed by atoms with van der Waals surface area (Å²) in [6.07, 6.45) is -1.60. The first-order valence-electron chi connectivity index (χ1n) is 8.83. The maximum atomic E-state index is 12.7. The minimum Gasteiger partial charge on any atom is -0.493 e. The molecule has 0 amide bonds. The van der Waals surface area contributed by atoms with Crippen molar-refractivity contribution in [3.8, 4) is 17.2 Å². The fraction of sp³-hybridized carbons (Fsp3) is 0.200. The van der Waals surface area contributed by atoms with Gasteiger partial charge in [0.25, 0.3) is 0 Å². The van der Waals surface area contributed by atoms with Crippen molar-refractivity contribution in [2.45, 2.75) is 12.8 Å². The first-order chi connectivity index (χ1) is 14.8. The normalized spacial score (nSPS) is 11.5. The number of hydrogen-bond acceptors (Lipinski definition) is 7. The number of carbonyl (C=O) groups is 1. The quantitative estimate of drug-likeness (QED) is 0.416. The van der Waals surface area contributed by atoms with E-state index in [4.69, 9.17) is 9.47 Å². The smallest absolute Gasteiger partial charge is 0.416 e. The molecule has 1 heterocycles. The molecule has 8 nitrogen and oxygen atoms in total. The zero-order chi connectivity index (χ0) is 22.4. The Morgan fingerprint density at radius 1 is 1.10 bits per heavy atom. The molecule has 0 radical (unpaired) electrons. The van der Waals surface area contributed by atoms with Crippen LogP contribution in [0.4, 0.5) is 13.2 Å². The van der Waals surface area contributed by atoms with Crippen LogP contribution in [0.15, 0.2) is 48.5 Å². The number of nitrogens with zero attached hydrogens (tertiary/aromatic N) is 4. The van der Waals surface area contributed by atoms with Gasteiger partial charge in [0, 0.05) is 6.08 Å². The lowest BCUT2D eigenvalue weighted by Crippen LogP contribution is -2.09. The summed E-state index contributed by atoms with van der Waals surface area (Å²) in [6.45, 7) is -0.0677. The summed E-state index contributed by atoms with van der Waals surface area (Å²) in [5.74, 6) is 0.575. The molecule has 0 unspecified atom stereocenters. The summed E-state index contributed by atoms with van der Waals surface area (Å²) >= 11 is 0. The molecule has 0 fully saturated rings. The molecular weight excluding hydrogens is 417 g/mol.